The van der Waals surface area contributed by atoms with Crippen molar-refractivity contribution in [1.29, 1.82) is 0 Å². The van der Waals surface area contributed by atoms with Crippen molar-refractivity contribution in [2.45, 2.75) is 0 Å². The van der Waals surface area contributed by atoms with Crippen molar-refractivity contribution in [3.05, 3.63) is 46.8 Å². The zero-order valence-electron chi connectivity index (χ0n) is 8.22. The molecule has 3 rings (SSSR count). The molecule has 0 atom stereocenters. The topological polar surface area (TPSA) is 34.4 Å². The number of nitrogens with zero attached hydrogens (tertiary/aromatic N) is 2. The molecular formula is C12H7BrN2O. The molecule has 78 valence electrons. The van der Waals surface area contributed by atoms with Gasteiger partial charge in [0.25, 0.3) is 0 Å². The van der Waals surface area contributed by atoms with Crippen LogP contribution in [0.5, 0.6) is 0 Å². The first kappa shape index (κ1) is 9.54. The van der Waals surface area contributed by atoms with Gasteiger partial charge in [0, 0.05) is 16.1 Å². The fourth-order valence-electron chi connectivity index (χ4n) is 1.84. The van der Waals surface area contributed by atoms with Crippen LogP contribution in [-0.4, -0.2) is 15.7 Å². The molecule has 0 unspecified atom stereocenters. The molecule has 0 bridgehead atoms. The summed E-state index contributed by atoms with van der Waals surface area (Å²) in [6.45, 7) is 0. The van der Waals surface area contributed by atoms with Crippen molar-refractivity contribution in [3.8, 4) is 0 Å². The van der Waals surface area contributed by atoms with Gasteiger partial charge in [-0.1, -0.05) is 22.0 Å². The number of carbonyl (C=O) groups excluding carboxylic acids is 1. The fourth-order valence-corrected chi connectivity index (χ4v) is 2.20. The molecule has 0 amide bonds. The molecule has 0 fully saturated rings. The number of hydrogen-bond acceptors (Lipinski definition) is 2. The van der Waals surface area contributed by atoms with E-state index in [1.54, 1.807) is 10.6 Å². The van der Waals surface area contributed by atoms with Gasteiger partial charge < -0.3 is 0 Å². The molecule has 0 N–H and O–H groups in total. The maximum absolute atomic E-state index is 10.8. The quantitative estimate of drug-likeness (QED) is 0.640. The number of hydrogen-bond donors (Lipinski definition) is 0. The first-order valence-electron chi connectivity index (χ1n) is 4.80. The largest absolute Gasteiger partial charge is 0.297 e. The van der Waals surface area contributed by atoms with Crippen LogP contribution >= 0.6 is 15.9 Å². The van der Waals surface area contributed by atoms with E-state index < -0.39 is 0 Å². The normalized spacial score (nSPS) is 11.1. The molecule has 2 aromatic heterocycles. The third kappa shape index (κ3) is 1.27. The number of benzene rings is 1. The van der Waals surface area contributed by atoms with E-state index in [9.17, 15) is 4.79 Å². The second kappa shape index (κ2) is 3.42. The smallest absolute Gasteiger partial charge is 0.168 e. The molecule has 3 nitrogen and oxygen atoms in total. The highest BCUT2D eigenvalue weighted by Crippen LogP contribution is 2.23. The van der Waals surface area contributed by atoms with Gasteiger partial charge in [-0.3, -0.25) is 9.20 Å². The van der Waals surface area contributed by atoms with Gasteiger partial charge in [-0.25, -0.2) is 4.98 Å². The summed E-state index contributed by atoms with van der Waals surface area (Å²) in [5.74, 6) is 0. The average molecular weight is 275 g/mol. The molecule has 0 aliphatic heterocycles. The van der Waals surface area contributed by atoms with Crippen LogP contribution in [0.1, 0.15) is 10.5 Å². The maximum Gasteiger partial charge on any atom is 0.168 e. The zero-order valence-corrected chi connectivity index (χ0v) is 9.81. The Labute approximate surface area is 99.8 Å². The van der Waals surface area contributed by atoms with Crippen LogP contribution in [0.4, 0.5) is 0 Å². The molecule has 0 saturated heterocycles. The minimum absolute atomic E-state index is 0.567. The fraction of sp³-hybridized carbons (Fsp3) is 0. The SMILES string of the molecule is O=Cc1cnc2c3cc(Br)ccc3ccn12. The van der Waals surface area contributed by atoms with Crippen LogP contribution in [0.25, 0.3) is 16.4 Å². The number of imidazole rings is 1. The third-order valence-corrected chi connectivity index (χ3v) is 3.10. The van der Waals surface area contributed by atoms with E-state index >= 15 is 0 Å². The van der Waals surface area contributed by atoms with Gasteiger partial charge in [0.15, 0.2) is 6.29 Å². The highest BCUT2D eigenvalue weighted by atomic mass is 79.9. The molecule has 0 aliphatic rings. The van der Waals surface area contributed by atoms with Gasteiger partial charge in [-0.05, 0) is 23.6 Å². The van der Waals surface area contributed by atoms with Crippen molar-refractivity contribution in [2.75, 3.05) is 0 Å². The van der Waals surface area contributed by atoms with E-state index in [1.807, 2.05) is 30.5 Å². The molecule has 0 saturated carbocycles. The van der Waals surface area contributed by atoms with Gasteiger partial charge in [-0.2, -0.15) is 0 Å². The molecule has 0 spiro atoms. The number of rotatable bonds is 1. The summed E-state index contributed by atoms with van der Waals surface area (Å²) in [7, 11) is 0. The lowest BCUT2D eigenvalue weighted by molar-refractivity contribution is 0.111. The Bertz CT molecular complexity index is 703. The highest BCUT2D eigenvalue weighted by Gasteiger charge is 2.06. The molecular weight excluding hydrogens is 268 g/mol. The Balaban J connectivity index is 2.53. The standard InChI is InChI=1S/C12H7BrN2O/c13-9-2-1-8-3-4-15-10(7-16)6-14-12(15)11(8)5-9/h1-7H. The predicted molar refractivity (Wildman–Crippen MR) is 65.8 cm³/mol. The molecule has 2 heterocycles. The Kier molecular flexibility index (Phi) is 2.04. The molecule has 0 radical (unpaired) electrons. The summed E-state index contributed by atoms with van der Waals surface area (Å²) in [5, 5.41) is 2.14. The number of aldehydes is 1. The first-order chi connectivity index (χ1) is 7.79. The minimum Gasteiger partial charge on any atom is -0.297 e. The van der Waals surface area contributed by atoms with Crippen LogP contribution in [0, 0.1) is 0 Å². The predicted octanol–water partition coefficient (Wildman–Crippen LogP) is 3.06. The number of pyridine rings is 1. The number of aromatic nitrogens is 2. The first-order valence-corrected chi connectivity index (χ1v) is 5.59. The molecule has 3 aromatic rings. The molecule has 0 aliphatic carbocycles. The van der Waals surface area contributed by atoms with E-state index in [0.29, 0.717) is 5.69 Å². The van der Waals surface area contributed by atoms with E-state index in [4.69, 9.17) is 0 Å². The summed E-state index contributed by atoms with van der Waals surface area (Å²) in [5.41, 5.74) is 1.37. The van der Waals surface area contributed by atoms with E-state index in [-0.39, 0.29) is 0 Å². The Morgan fingerprint density at radius 1 is 1.31 bits per heavy atom. The summed E-state index contributed by atoms with van der Waals surface area (Å²) >= 11 is 3.44. The lowest BCUT2D eigenvalue weighted by Gasteiger charge is -2.01. The number of fused-ring (bicyclic) bond motifs is 3. The third-order valence-electron chi connectivity index (χ3n) is 2.61. The van der Waals surface area contributed by atoms with Gasteiger partial charge in [0.1, 0.15) is 11.3 Å². The zero-order chi connectivity index (χ0) is 11.1. The molecule has 4 heteroatoms. The Hall–Kier alpha value is -1.68. The summed E-state index contributed by atoms with van der Waals surface area (Å²) < 4.78 is 2.80. The van der Waals surface area contributed by atoms with Gasteiger partial charge in [-0.15, -0.1) is 0 Å². The second-order valence-corrected chi connectivity index (χ2v) is 4.46. The average Bonchev–Trinajstić information content (AvgIpc) is 2.72. The van der Waals surface area contributed by atoms with Crippen LogP contribution in [0.2, 0.25) is 0 Å². The van der Waals surface area contributed by atoms with E-state index in [1.165, 1.54) is 0 Å². The van der Waals surface area contributed by atoms with Crippen molar-refractivity contribution >= 4 is 38.6 Å². The monoisotopic (exact) mass is 274 g/mol. The summed E-state index contributed by atoms with van der Waals surface area (Å²) in [4.78, 5) is 15.1. The summed E-state index contributed by atoms with van der Waals surface area (Å²) in [6.07, 6.45) is 4.26. The number of halogens is 1. The van der Waals surface area contributed by atoms with Gasteiger partial charge in [0.2, 0.25) is 0 Å². The molecule has 16 heavy (non-hydrogen) atoms. The Morgan fingerprint density at radius 2 is 2.19 bits per heavy atom. The maximum atomic E-state index is 10.8. The van der Waals surface area contributed by atoms with Crippen LogP contribution in [0.3, 0.4) is 0 Å². The second-order valence-electron chi connectivity index (χ2n) is 3.54. The lowest BCUT2D eigenvalue weighted by atomic mass is 10.2. The van der Waals surface area contributed by atoms with Crippen molar-refractivity contribution < 1.29 is 4.79 Å². The van der Waals surface area contributed by atoms with E-state index in [0.717, 1.165) is 27.2 Å². The molecule has 1 aromatic carbocycles. The van der Waals surface area contributed by atoms with Crippen LogP contribution in [-0.2, 0) is 0 Å². The van der Waals surface area contributed by atoms with E-state index in [2.05, 4.69) is 20.9 Å². The van der Waals surface area contributed by atoms with Gasteiger partial charge in [0.05, 0.1) is 6.20 Å². The minimum atomic E-state index is 0.567. The van der Waals surface area contributed by atoms with Gasteiger partial charge >= 0.3 is 0 Å². The van der Waals surface area contributed by atoms with Crippen molar-refractivity contribution in [2.24, 2.45) is 0 Å². The summed E-state index contributed by atoms with van der Waals surface area (Å²) in [6, 6.07) is 7.99. The lowest BCUT2D eigenvalue weighted by Crippen LogP contribution is -1.90. The highest BCUT2D eigenvalue weighted by molar-refractivity contribution is 9.10. The Morgan fingerprint density at radius 3 is 3.00 bits per heavy atom. The van der Waals surface area contributed by atoms with Crippen molar-refractivity contribution in [1.82, 2.24) is 9.38 Å². The number of carbonyl (C=O) groups is 1. The van der Waals surface area contributed by atoms with Crippen LogP contribution in [0.15, 0.2) is 41.1 Å². The van der Waals surface area contributed by atoms with Crippen LogP contribution < -0.4 is 0 Å². The van der Waals surface area contributed by atoms with Crippen molar-refractivity contribution in [3.63, 3.8) is 0 Å².